The van der Waals surface area contributed by atoms with Crippen molar-refractivity contribution >= 4 is 0 Å². The third-order valence-electron chi connectivity index (χ3n) is 5.22. The molecule has 1 fully saturated rings. The maximum Gasteiger partial charge on any atom is 0.201 e. The highest BCUT2D eigenvalue weighted by Crippen LogP contribution is 2.36. The van der Waals surface area contributed by atoms with Gasteiger partial charge in [0.25, 0.3) is 0 Å². The van der Waals surface area contributed by atoms with Crippen LogP contribution in [0.3, 0.4) is 0 Å². The van der Waals surface area contributed by atoms with Gasteiger partial charge in [0.15, 0.2) is 11.6 Å². The summed E-state index contributed by atoms with van der Waals surface area (Å²) in [7, 11) is 0. The maximum atomic E-state index is 14.2. The van der Waals surface area contributed by atoms with Crippen LogP contribution in [0, 0.1) is 17.6 Å². The molecule has 0 unspecified atom stereocenters. The first kappa shape index (κ1) is 19.4. The topological polar surface area (TPSA) is 18.5 Å². The van der Waals surface area contributed by atoms with Crippen LogP contribution in [0.1, 0.15) is 56.6 Å². The summed E-state index contributed by atoms with van der Waals surface area (Å²) >= 11 is 0. The molecule has 2 nitrogen and oxygen atoms in total. The molecule has 3 rings (SSSR count). The normalized spacial score (nSPS) is 20.0. The largest absolute Gasteiger partial charge is 0.489 e. The third kappa shape index (κ3) is 4.88. The Bertz CT molecular complexity index is 776. The van der Waals surface area contributed by atoms with E-state index in [1.54, 1.807) is 13.0 Å². The van der Waals surface area contributed by atoms with Crippen LogP contribution < -0.4 is 9.47 Å². The van der Waals surface area contributed by atoms with E-state index in [9.17, 15) is 8.78 Å². The first-order chi connectivity index (χ1) is 13.1. The van der Waals surface area contributed by atoms with Crippen molar-refractivity contribution in [2.75, 3.05) is 0 Å². The summed E-state index contributed by atoms with van der Waals surface area (Å²) in [5, 5.41) is 0. The molecule has 0 heterocycles. The lowest BCUT2D eigenvalue weighted by atomic mass is 9.79. The van der Waals surface area contributed by atoms with Crippen molar-refractivity contribution in [3.8, 4) is 11.5 Å². The van der Waals surface area contributed by atoms with Gasteiger partial charge in [0.1, 0.15) is 12.4 Å². The van der Waals surface area contributed by atoms with Crippen molar-refractivity contribution < 1.29 is 18.3 Å². The Hall–Kier alpha value is -2.36. The van der Waals surface area contributed by atoms with Crippen LogP contribution in [0.25, 0.3) is 0 Å². The highest BCUT2D eigenvalue weighted by atomic mass is 19.2. The van der Waals surface area contributed by atoms with Crippen molar-refractivity contribution in [1.82, 2.24) is 0 Å². The SMILES string of the molecule is C/C=C/Oc1ccc(COc2ccc(C3CCC(C)CC3)cc2)c(F)c1F. The summed E-state index contributed by atoms with van der Waals surface area (Å²) in [5.41, 5.74) is 1.49. The van der Waals surface area contributed by atoms with Crippen LogP contribution in [0.15, 0.2) is 48.7 Å². The summed E-state index contributed by atoms with van der Waals surface area (Å²) in [4.78, 5) is 0. The van der Waals surface area contributed by atoms with Crippen LogP contribution in [0.5, 0.6) is 11.5 Å². The van der Waals surface area contributed by atoms with E-state index in [4.69, 9.17) is 9.47 Å². The molecule has 0 saturated heterocycles. The molecule has 4 heteroatoms. The minimum Gasteiger partial charge on any atom is -0.489 e. The third-order valence-corrected chi connectivity index (χ3v) is 5.22. The fourth-order valence-electron chi connectivity index (χ4n) is 3.51. The monoisotopic (exact) mass is 372 g/mol. The molecule has 0 radical (unpaired) electrons. The first-order valence-electron chi connectivity index (χ1n) is 9.56. The van der Waals surface area contributed by atoms with Gasteiger partial charge in [0, 0.05) is 5.56 Å². The van der Waals surface area contributed by atoms with Gasteiger partial charge in [-0.3, -0.25) is 0 Å². The lowest BCUT2D eigenvalue weighted by Crippen LogP contribution is -2.10. The highest BCUT2D eigenvalue weighted by Gasteiger charge is 2.19. The molecular formula is C23H26F2O2. The number of allylic oxidation sites excluding steroid dienone is 1. The predicted octanol–water partition coefficient (Wildman–Crippen LogP) is 6.75. The Labute approximate surface area is 159 Å². The Kier molecular flexibility index (Phi) is 6.49. The van der Waals surface area contributed by atoms with Gasteiger partial charge in [0.2, 0.25) is 5.82 Å². The second kappa shape index (κ2) is 9.03. The predicted molar refractivity (Wildman–Crippen MR) is 103 cm³/mol. The van der Waals surface area contributed by atoms with E-state index in [1.807, 2.05) is 12.1 Å². The van der Waals surface area contributed by atoms with Gasteiger partial charge < -0.3 is 9.47 Å². The average molecular weight is 372 g/mol. The summed E-state index contributed by atoms with van der Waals surface area (Å²) in [5.74, 6) is 0.0129. The number of hydrogen-bond donors (Lipinski definition) is 0. The van der Waals surface area contributed by atoms with Crippen molar-refractivity contribution in [1.29, 1.82) is 0 Å². The van der Waals surface area contributed by atoms with Gasteiger partial charge in [-0.2, -0.15) is 4.39 Å². The fraction of sp³-hybridized carbons (Fsp3) is 0.391. The maximum absolute atomic E-state index is 14.2. The van der Waals surface area contributed by atoms with Crippen molar-refractivity contribution in [3.05, 3.63) is 71.5 Å². The molecule has 144 valence electrons. The molecule has 1 aliphatic carbocycles. The summed E-state index contributed by atoms with van der Waals surface area (Å²) < 4.78 is 38.9. The minimum atomic E-state index is -1.00. The standard InChI is InChI=1S/C23H26F2O2/c1-3-14-26-21-13-10-19(22(24)23(21)25)15-27-20-11-8-18(9-12-20)17-6-4-16(2)5-7-17/h3,8-14,16-17H,4-7,15H2,1-2H3/b14-3+. The fourth-order valence-corrected chi connectivity index (χ4v) is 3.51. The summed E-state index contributed by atoms with van der Waals surface area (Å²) in [6, 6.07) is 10.9. The number of rotatable bonds is 6. The van der Waals surface area contributed by atoms with Gasteiger partial charge in [0.05, 0.1) is 6.26 Å². The van der Waals surface area contributed by atoms with Crippen LogP contribution in [-0.2, 0) is 6.61 Å². The molecule has 1 saturated carbocycles. The number of benzene rings is 2. The van der Waals surface area contributed by atoms with Gasteiger partial charge >= 0.3 is 0 Å². The van der Waals surface area contributed by atoms with E-state index in [2.05, 4.69) is 19.1 Å². The average Bonchev–Trinajstić information content (AvgIpc) is 2.69. The second-order valence-corrected chi connectivity index (χ2v) is 7.25. The van der Waals surface area contributed by atoms with Crippen LogP contribution in [0.4, 0.5) is 8.78 Å². The Morgan fingerprint density at radius 3 is 2.33 bits per heavy atom. The van der Waals surface area contributed by atoms with E-state index in [-0.39, 0.29) is 17.9 Å². The van der Waals surface area contributed by atoms with Crippen molar-refractivity contribution in [2.45, 2.75) is 52.1 Å². The van der Waals surface area contributed by atoms with E-state index < -0.39 is 11.6 Å². The molecule has 0 aromatic heterocycles. The van der Waals surface area contributed by atoms with Crippen molar-refractivity contribution in [3.63, 3.8) is 0 Å². The van der Waals surface area contributed by atoms with Crippen LogP contribution in [-0.4, -0.2) is 0 Å². The zero-order valence-corrected chi connectivity index (χ0v) is 15.9. The molecule has 0 bridgehead atoms. The van der Waals surface area contributed by atoms with Crippen LogP contribution >= 0.6 is 0 Å². The van der Waals surface area contributed by atoms with Gasteiger partial charge in [-0.15, -0.1) is 0 Å². The number of halogens is 2. The molecule has 2 aromatic carbocycles. The Morgan fingerprint density at radius 2 is 1.67 bits per heavy atom. The Balaban J connectivity index is 1.61. The second-order valence-electron chi connectivity index (χ2n) is 7.25. The minimum absolute atomic E-state index is 0.0348. The summed E-state index contributed by atoms with van der Waals surface area (Å²) in [6.45, 7) is 4.01. The van der Waals surface area contributed by atoms with Gasteiger partial charge in [-0.1, -0.05) is 38.0 Å². The van der Waals surface area contributed by atoms with E-state index in [0.29, 0.717) is 11.7 Å². The van der Waals surface area contributed by atoms with Gasteiger partial charge in [-0.05, 0) is 61.4 Å². The molecule has 27 heavy (non-hydrogen) atoms. The Morgan fingerprint density at radius 1 is 0.963 bits per heavy atom. The van der Waals surface area contributed by atoms with E-state index in [1.165, 1.54) is 49.6 Å². The zero-order chi connectivity index (χ0) is 19.2. The lowest BCUT2D eigenvalue weighted by Gasteiger charge is -2.26. The smallest absolute Gasteiger partial charge is 0.201 e. The highest BCUT2D eigenvalue weighted by molar-refractivity contribution is 5.33. The van der Waals surface area contributed by atoms with Crippen LogP contribution in [0.2, 0.25) is 0 Å². The van der Waals surface area contributed by atoms with Crippen molar-refractivity contribution in [2.24, 2.45) is 5.92 Å². The first-order valence-corrected chi connectivity index (χ1v) is 9.56. The lowest BCUT2D eigenvalue weighted by molar-refractivity contribution is 0.295. The quantitative estimate of drug-likeness (QED) is 0.522. The summed E-state index contributed by atoms with van der Waals surface area (Å²) in [6.07, 6.45) is 7.93. The number of hydrogen-bond acceptors (Lipinski definition) is 2. The molecule has 0 aliphatic heterocycles. The molecule has 2 aromatic rings. The number of ether oxygens (including phenoxy) is 2. The molecule has 0 N–H and O–H groups in total. The molecule has 0 spiro atoms. The molecule has 0 amide bonds. The van der Waals surface area contributed by atoms with E-state index in [0.717, 1.165) is 5.92 Å². The zero-order valence-electron chi connectivity index (χ0n) is 15.9. The molecule has 0 atom stereocenters. The van der Waals surface area contributed by atoms with Gasteiger partial charge in [-0.25, -0.2) is 4.39 Å². The van der Waals surface area contributed by atoms with E-state index >= 15 is 0 Å². The molecule has 1 aliphatic rings. The molecular weight excluding hydrogens is 346 g/mol.